The van der Waals surface area contributed by atoms with Gasteiger partial charge in [-0.1, -0.05) is 44.0 Å². The highest BCUT2D eigenvalue weighted by Crippen LogP contribution is 2.33. The van der Waals surface area contributed by atoms with Gasteiger partial charge in [0.2, 0.25) is 5.91 Å². The summed E-state index contributed by atoms with van der Waals surface area (Å²) in [6, 6.07) is 4.91. The van der Waals surface area contributed by atoms with Crippen LogP contribution in [-0.4, -0.2) is 32.5 Å². The molecule has 1 aliphatic carbocycles. The lowest BCUT2D eigenvalue weighted by atomic mass is 9.95. The Balaban J connectivity index is 1.73. The molecule has 3 rings (SSSR count). The minimum Gasteiger partial charge on any atom is -0.353 e. The van der Waals surface area contributed by atoms with Crippen LogP contribution in [0.25, 0.3) is 0 Å². The lowest BCUT2D eigenvalue weighted by Crippen LogP contribution is -2.33. The molecule has 1 fully saturated rings. The summed E-state index contributed by atoms with van der Waals surface area (Å²) in [6.45, 7) is 4.11. The third-order valence-corrected chi connectivity index (χ3v) is 6.76. The van der Waals surface area contributed by atoms with Crippen LogP contribution in [-0.2, 0) is 11.2 Å². The molecule has 1 unspecified atom stereocenters. The maximum atomic E-state index is 12.1. The predicted molar refractivity (Wildman–Crippen MR) is 108 cm³/mol. The van der Waals surface area contributed by atoms with Crippen molar-refractivity contribution in [1.29, 1.82) is 0 Å². The highest BCUT2D eigenvalue weighted by atomic mass is 32.2. The summed E-state index contributed by atoms with van der Waals surface area (Å²) < 4.78 is 2.32. The molecular weight excluding hydrogens is 364 g/mol. The molecule has 1 saturated carbocycles. The molecule has 5 nitrogen and oxygen atoms in total. The molecule has 2 heterocycles. The zero-order valence-corrected chi connectivity index (χ0v) is 17.2. The standard InChI is InChI=1S/C19H28N4OS2/c1-3-14(2)20-18(24)13-26-19-22-21-17(12-16-10-7-11-25-16)23(19)15-8-5-4-6-9-15/h7,10-11,14-15H,3-6,8-9,12-13H2,1-2H3,(H,20,24). The smallest absolute Gasteiger partial charge is 0.230 e. The number of carbonyl (C=O) groups excluding carboxylic acids is 1. The van der Waals surface area contributed by atoms with Crippen molar-refractivity contribution in [3.05, 3.63) is 28.2 Å². The quantitative estimate of drug-likeness (QED) is 0.675. The molecule has 26 heavy (non-hydrogen) atoms. The van der Waals surface area contributed by atoms with E-state index in [1.807, 2.05) is 6.92 Å². The number of hydrogen-bond acceptors (Lipinski definition) is 5. The highest BCUT2D eigenvalue weighted by Gasteiger charge is 2.23. The van der Waals surface area contributed by atoms with Crippen molar-refractivity contribution in [3.8, 4) is 0 Å². The van der Waals surface area contributed by atoms with E-state index >= 15 is 0 Å². The molecule has 1 N–H and O–H groups in total. The van der Waals surface area contributed by atoms with Crippen LogP contribution in [0.4, 0.5) is 0 Å². The molecule has 7 heteroatoms. The van der Waals surface area contributed by atoms with E-state index in [0.717, 1.165) is 23.8 Å². The number of nitrogens with zero attached hydrogens (tertiary/aromatic N) is 3. The number of carbonyl (C=O) groups is 1. The number of thioether (sulfide) groups is 1. The van der Waals surface area contributed by atoms with Crippen LogP contribution in [0.15, 0.2) is 22.7 Å². The first kappa shape index (κ1) is 19.4. The van der Waals surface area contributed by atoms with Crippen LogP contribution in [0.2, 0.25) is 0 Å². The second-order valence-electron chi connectivity index (χ2n) is 6.98. The van der Waals surface area contributed by atoms with E-state index in [0.29, 0.717) is 11.8 Å². The van der Waals surface area contributed by atoms with E-state index < -0.39 is 0 Å². The van der Waals surface area contributed by atoms with Crippen LogP contribution >= 0.6 is 23.1 Å². The summed E-state index contributed by atoms with van der Waals surface area (Å²) >= 11 is 3.27. The number of nitrogens with one attached hydrogen (secondary N) is 1. The molecule has 0 spiro atoms. The van der Waals surface area contributed by atoms with Crippen LogP contribution in [0.1, 0.15) is 69.1 Å². The van der Waals surface area contributed by atoms with E-state index in [9.17, 15) is 4.79 Å². The van der Waals surface area contributed by atoms with E-state index in [-0.39, 0.29) is 11.9 Å². The van der Waals surface area contributed by atoms with E-state index in [4.69, 9.17) is 0 Å². The normalized spacial score (nSPS) is 16.5. The molecule has 1 aliphatic rings. The number of thiophene rings is 1. The van der Waals surface area contributed by atoms with Gasteiger partial charge in [-0.3, -0.25) is 4.79 Å². The highest BCUT2D eigenvalue weighted by molar-refractivity contribution is 7.99. The molecule has 0 radical (unpaired) electrons. The molecule has 2 aromatic rings. The van der Waals surface area contributed by atoms with Gasteiger partial charge >= 0.3 is 0 Å². The van der Waals surface area contributed by atoms with Gasteiger partial charge in [-0.2, -0.15) is 0 Å². The number of aromatic nitrogens is 3. The molecule has 2 aromatic heterocycles. The Morgan fingerprint density at radius 3 is 2.88 bits per heavy atom. The second-order valence-corrected chi connectivity index (χ2v) is 8.96. The summed E-state index contributed by atoms with van der Waals surface area (Å²) in [5.41, 5.74) is 0. The van der Waals surface area contributed by atoms with Gasteiger partial charge in [0.25, 0.3) is 0 Å². The van der Waals surface area contributed by atoms with E-state index in [1.54, 1.807) is 11.3 Å². The van der Waals surface area contributed by atoms with Crippen molar-refractivity contribution < 1.29 is 4.79 Å². The van der Waals surface area contributed by atoms with Gasteiger partial charge < -0.3 is 9.88 Å². The van der Waals surface area contributed by atoms with Crippen molar-refractivity contribution >= 4 is 29.0 Å². The number of amides is 1. The van der Waals surface area contributed by atoms with Crippen molar-refractivity contribution in [3.63, 3.8) is 0 Å². The third kappa shape index (κ3) is 5.10. The zero-order valence-electron chi connectivity index (χ0n) is 15.6. The topological polar surface area (TPSA) is 59.8 Å². The van der Waals surface area contributed by atoms with E-state index in [1.165, 1.54) is 48.7 Å². The zero-order chi connectivity index (χ0) is 18.4. The van der Waals surface area contributed by atoms with Crippen molar-refractivity contribution in [2.45, 2.75) is 76.0 Å². The van der Waals surface area contributed by atoms with Gasteiger partial charge in [-0.05, 0) is 37.6 Å². The lowest BCUT2D eigenvalue weighted by Gasteiger charge is -2.25. The Morgan fingerprint density at radius 2 is 2.19 bits per heavy atom. The van der Waals surface area contributed by atoms with Crippen molar-refractivity contribution in [1.82, 2.24) is 20.1 Å². The first-order chi connectivity index (χ1) is 12.7. The fraction of sp³-hybridized carbons (Fsp3) is 0.632. The van der Waals surface area contributed by atoms with Crippen LogP contribution in [0.3, 0.4) is 0 Å². The summed E-state index contributed by atoms with van der Waals surface area (Å²) in [6.07, 6.45) is 7.98. The Kier molecular flexibility index (Phi) is 7.14. The van der Waals surface area contributed by atoms with Gasteiger partial charge in [0.05, 0.1) is 5.75 Å². The van der Waals surface area contributed by atoms with Gasteiger partial charge in [0, 0.05) is 23.4 Å². The maximum Gasteiger partial charge on any atom is 0.230 e. The maximum absolute atomic E-state index is 12.1. The number of hydrogen-bond donors (Lipinski definition) is 1. The van der Waals surface area contributed by atoms with Crippen molar-refractivity contribution in [2.75, 3.05) is 5.75 Å². The Labute approximate surface area is 164 Å². The van der Waals surface area contributed by atoms with Gasteiger partial charge in [0.15, 0.2) is 5.16 Å². The fourth-order valence-electron chi connectivity index (χ4n) is 3.35. The fourth-order valence-corrected chi connectivity index (χ4v) is 4.89. The molecule has 0 bridgehead atoms. The summed E-state index contributed by atoms with van der Waals surface area (Å²) in [5.74, 6) is 1.50. The molecular formula is C19H28N4OS2. The predicted octanol–water partition coefficient (Wildman–Crippen LogP) is 4.44. The van der Waals surface area contributed by atoms with Crippen LogP contribution in [0.5, 0.6) is 0 Å². The molecule has 1 amide bonds. The summed E-state index contributed by atoms with van der Waals surface area (Å²) in [5, 5.41) is 15.0. The number of rotatable bonds is 8. The van der Waals surface area contributed by atoms with Crippen molar-refractivity contribution in [2.24, 2.45) is 0 Å². The SMILES string of the molecule is CCC(C)NC(=O)CSc1nnc(Cc2cccs2)n1C1CCCCC1. The first-order valence-corrected chi connectivity index (χ1v) is 11.4. The van der Waals surface area contributed by atoms with Gasteiger partial charge in [0.1, 0.15) is 5.82 Å². The van der Waals surface area contributed by atoms with Crippen LogP contribution < -0.4 is 5.32 Å². The monoisotopic (exact) mass is 392 g/mol. The molecule has 142 valence electrons. The van der Waals surface area contributed by atoms with Crippen LogP contribution in [0, 0.1) is 0 Å². The van der Waals surface area contributed by atoms with E-state index in [2.05, 4.69) is 44.5 Å². The molecule has 0 aliphatic heterocycles. The average molecular weight is 393 g/mol. The molecule has 0 aromatic carbocycles. The largest absolute Gasteiger partial charge is 0.353 e. The minimum absolute atomic E-state index is 0.0716. The average Bonchev–Trinajstić information content (AvgIpc) is 3.31. The summed E-state index contributed by atoms with van der Waals surface area (Å²) in [7, 11) is 0. The molecule has 1 atom stereocenters. The third-order valence-electron chi connectivity index (χ3n) is 4.94. The first-order valence-electron chi connectivity index (χ1n) is 9.55. The lowest BCUT2D eigenvalue weighted by molar-refractivity contribution is -0.119. The van der Waals surface area contributed by atoms with Gasteiger partial charge in [-0.25, -0.2) is 0 Å². The summed E-state index contributed by atoms with van der Waals surface area (Å²) in [4.78, 5) is 13.5. The molecule has 0 saturated heterocycles. The minimum atomic E-state index is 0.0716. The van der Waals surface area contributed by atoms with Gasteiger partial charge in [-0.15, -0.1) is 21.5 Å². The Morgan fingerprint density at radius 1 is 1.38 bits per heavy atom. The second kappa shape index (κ2) is 9.55. The Bertz CT molecular complexity index is 692. The Hall–Kier alpha value is -1.34.